The van der Waals surface area contributed by atoms with E-state index in [0.717, 1.165) is 12.1 Å². The first-order valence-corrected chi connectivity index (χ1v) is 6.85. The molecule has 0 unspecified atom stereocenters. The van der Waals surface area contributed by atoms with Gasteiger partial charge in [-0.2, -0.15) is 5.06 Å². The lowest BCUT2D eigenvalue weighted by Gasteiger charge is -2.14. The summed E-state index contributed by atoms with van der Waals surface area (Å²) in [5.41, 5.74) is 2.56. The molecule has 0 radical (unpaired) electrons. The van der Waals surface area contributed by atoms with Crippen LogP contribution in [-0.2, 0) is 6.54 Å². The van der Waals surface area contributed by atoms with E-state index >= 15 is 0 Å². The number of hydrogen-bond donors (Lipinski definition) is 1. The molecule has 2 aromatic rings. The summed E-state index contributed by atoms with van der Waals surface area (Å²) in [4.78, 5) is 0. The normalized spacial score (nSPS) is 21.6. The maximum atomic E-state index is 10.0. The van der Waals surface area contributed by atoms with Crippen LogP contribution in [0.1, 0.15) is 23.5 Å². The highest BCUT2D eigenvalue weighted by Gasteiger charge is 2.38. The highest BCUT2D eigenvalue weighted by Crippen LogP contribution is 2.47. The Hall–Kier alpha value is -1.64. The van der Waals surface area contributed by atoms with Gasteiger partial charge in [0.1, 0.15) is 0 Å². The Morgan fingerprint density at radius 2 is 1.58 bits per heavy atom. The molecule has 2 atom stereocenters. The van der Waals surface area contributed by atoms with E-state index in [9.17, 15) is 5.21 Å². The Balaban J connectivity index is 1.51. The average molecular weight is 253 g/mol. The summed E-state index contributed by atoms with van der Waals surface area (Å²) in [6.07, 6.45) is 1.19. The predicted octanol–water partition coefficient (Wildman–Crippen LogP) is 3.68. The second-order valence-electron chi connectivity index (χ2n) is 5.35. The molecule has 0 aromatic heterocycles. The van der Waals surface area contributed by atoms with Crippen LogP contribution < -0.4 is 0 Å². The van der Waals surface area contributed by atoms with Crippen molar-refractivity contribution in [2.24, 2.45) is 5.92 Å². The van der Waals surface area contributed by atoms with Crippen LogP contribution >= 0.6 is 0 Å². The molecular weight excluding hydrogens is 234 g/mol. The highest BCUT2D eigenvalue weighted by atomic mass is 16.5. The van der Waals surface area contributed by atoms with E-state index in [1.807, 2.05) is 30.3 Å². The Labute approximate surface area is 114 Å². The molecule has 2 aromatic carbocycles. The van der Waals surface area contributed by atoms with Crippen molar-refractivity contribution in [3.8, 4) is 0 Å². The molecule has 3 rings (SSSR count). The quantitative estimate of drug-likeness (QED) is 0.822. The van der Waals surface area contributed by atoms with Crippen LogP contribution in [0.5, 0.6) is 0 Å². The molecule has 1 aliphatic rings. The van der Waals surface area contributed by atoms with Gasteiger partial charge < -0.3 is 5.21 Å². The summed E-state index contributed by atoms with van der Waals surface area (Å²) in [6, 6.07) is 20.7. The summed E-state index contributed by atoms with van der Waals surface area (Å²) in [5.74, 6) is 1.22. The fourth-order valence-corrected chi connectivity index (χ4v) is 2.69. The lowest BCUT2D eigenvalue weighted by molar-refractivity contribution is -0.103. The summed E-state index contributed by atoms with van der Waals surface area (Å²) in [6.45, 7) is 1.37. The second-order valence-corrected chi connectivity index (χ2v) is 5.35. The first-order valence-electron chi connectivity index (χ1n) is 6.85. The summed E-state index contributed by atoms with van der Waals surface area (Å²) in [7, 11) is 0. The second kappa shape index (κ2) is 5.55. The summed E-state index contributed by atoms with van der Waals surface area (Å²) < 4.78 is 0. The monoisotopic (exact) mass is 253 g/mol. The van der Waals surface area contributed by atoms with Crippen LogP contribution in [-0.4, -0.2) is 16.8 Å². The standard InChI is InChI=1S/C17H19NO/c19-18(12-14-7-3-1-4-8-14)13-16-11-17(16)15-9-5-2-6-10-15/h1-10,16-17,19H,11-13H2/t16-,17-/m1/s1. The van der Waals surface area contributed by atoms with Crippen molar-refractivity contribution >= 4 is 0 Å². The maximum Gasteiger partial charge on any atom is 0.0488 e. The van der Waals surface area contributed by atoms with Crippen molar-refractivity contribution in [3.63, 3.8) is 0 Å². The summed E-state index contributed by atoms with van der Waals surface area (Å²) in [5, 5.41) is 11.5. The Bertz CT molecular complexity index is 511. The third-order valence-electron chi connectivity index (χ3n) is 3.80. The number of hydroxylamine groups is 2. The molecule has 19 heavy (non-hydrogen) atoms. The van der Waals surface area contributed by atoms with Crippen LogP contribution in [0.25, 0.3) is 0 Å². The van der Waals surface area contributed by atoms with Crippen molar-refractivity contribution in [1.29, 1.82) is 0 Å². The lowest BCUT2D eigenvalue weighted by atomic mass is 10.1. The zero-order valence-corrected chi connectivity index (χ0v) is 10.9. The van der Waals surface area contributed by atoms with Gasteiger partial charge >= 0.3 is 0 Å². The van der Waals surface area contributed by atoms with E-state index in [1.54, 1.807) is 0 Å². The largest absolute Gasteiger partial charge is 0.314 e. The SMILES string of the molecule is ON(Cc1ccccc1)C[C@H]1C[C@@H]1c1ccccc1. The molecule has 0 bridgehead atoms. The summed E-state index contributed by atoms with van der Waals surface area (Å²) >= 11 is 0. The van der Waals surface area contributed by atoms with Crippen molar-refractivity contribution in [2.75, 3.05) is 6.54 Å². The molecule has 1 N–H and O–H groups in total. The third-order valence-corrected chi connectivity index (χ3v) is 3.80. The van der Waals surface area contributed by atoms with E-state index in [4.69, 9.17) is 0 Å². The van der Waals surface area contributed by atoms with Gasteiger partial charge in [0.05, 0.1) is 0 Å². The van der Waals surface area contributed by atoms with Gasteiger partial charge in [0.25, 0.3) is 0 Å². The minimum absolute atomic E-state index is 0.594. The maximum absolute atomic E-state index is 10.0. The van der Waals surface area contributed by atoms with E-state index in [0.29, 0.717) is 18.4 Å². The fourth-order valence-electron chi connectivity index (χ4n) is 2.69. The molecule has 0 aliphatic heterocycles. The number of hydrogen-bond acceptors (Lipinski definition) is 2. The Morgan fingerprint density at radius 1 is 0.947 bits per heavy atom. The molecule has 0 saturated heterocycles. The van der Waals surface area contributed by atoms with Gasteiger partial charge in [0.15, 0.2) is 0 Å². The van der Waals surface area contributed by atoms with Gasteiger partial charge in [0, 0.05) is 13.1 Å². The van der Waals surface area contributed by atoms with Gasteiger partial charge in [-0.25, -0.2) is 0 Å². The zero-order chi connectivity index (χ0) is 13.1. The van der Waals surface area contributed by atoms with E-state index in [1.165, 1.54) is 17.0 Å². The van der Waals surface area contributed by atoms with Gasteiger partial charge in [-0.05, 0) is 29.4 Å². The molecule has 2 nitrogen and oxygen atoms in total. The van der Waals surface area contributed by atoms with Crippen molar-refractivity contribution in [2.45, 2.75) is 18.9 Å². The number of nitrogens with zero attached hydrogens (tertiary/aromatic N) is 1. The van der Waals surface area contributed by atoms with Gasteiger partial charge in [-0.15, -0.1) is 0 Å². The van der Waals surface area contributed by atoms with Gasteiger partial charge in [-0.1, -0.05) is 60.7 Å². The predicted molar refractivity (Wildman–Crippen MR) is 75.9 cm³/mol. The van der Waals surface area contributed by atoms with Crippen LogP contribution in [0.15, 0.2) is 60.7 Å². The van der Waals surface area contributed by atoms with Crippen LogP contribution in [0.2, 0.25) is 0 Å². The van der Waals surface area contributed by atoms with Crippen LogP contribution in [0.3, 0.4) is 0 Å². The third kappa shape index (κ3) is 3.22. The average Bonchev–Trinajstić information content (AvgIpc) is 3.20. The minimum Gasteiger partial charge on any atom is -0.314 e. The van der Waals surface area contributed by atoms with Crippen LogP contribution in [0.4, 0.5) is 0 Å². The highest BCUT2D eigenvalue weighted by molar-refractivity contribution is 5.25. The van der Waals surface area contributed by atoms with Crippen molar-refractivity contribution < 1.29 is 5.21 Å². The Kier molecular flexibility index (Phi) is 3.62. The number of benzene rings is 2. The molecule has 0 amide bonds. The van der Waals surface area contributed by atoms with Crippen LogP contribution in [0, 0.1) is 5.92 Å². The Morgan fingerprint density at radius 3 is 2.26 bits per heavy atom. The molecule has 0 spiro atoms. The minimum atomic E-state index is 0.594. The first kappa shape index (κ1) is 12.4. The molecule has 1 fully saturated rings. The molecule has 0 heterocycles. The van der Waals surface area contributed by atoms with Gasteiger partial charge in [-0.3, -0.25) is 0 Å². The van der Waals surface area contributed by atoms with Crippen molar-refractivity contribution in [3.05, 3.63) is 71.8 Å². The lowest BCUT2D eigenvalue weighted by Crippen LogP contribution is -2.21. The topological polar surface area (TPSA) is 23.5 Å². The fraction of sp³-hybridized carbons (Fsp3) is 0.294. The zero-order valence-electron chi connectivity index (χ0n) is 10.9. The first-order chi connectivity index (χ1) is 9.33. The van der Waals surface area contributed by atoms with Gasteiger partial charge in [0.2, 0.25) is 0 Å². The molecule has 2 heteroatoms. The smallest absolute Gasteiger partial charge is 0.0488 e. The molecule has 1 aliphatic carbocycles. The van der Waals surface area contributed by atoms with E-state index in [2.05, 4.69) is 30.3 Å². The molecule has 1 saturated carbocycles. The molecular formula is C17H19NO. The van der Waals surface area contributed by atoms with E-state index < -0.39 is 0 Å². The molecule has 98 valence electrons. The number of rotatable bonds is 5. The van der Waals surface area contributed by atoms with Crippen molar-refractivity contribution in [1.82, 2.24) is 5.06 Å². The van der Waals surface area contributed by atoms with E-state index in [-0.39, 0.29) is 0 Å².